The van der Waals surface area contributed by atoms with Crippen LogP contribution in [-0.4, -0.2) is 22.1 Å². The number of aliphatic hydroxyl groups is 2. The lowest BCUT2D eigenvalue weighted by molar-refractivity contribution is 0.0747. The van der Waals surface area contributed by atoms with Gasteiger partial charge in [0.05, 0.1) is 6.10 Å². The molecule has 0 saturated carbocycles. The van der Waals surface area contributed by atoms with Gasteiger partial charge < -0.3 is 10.2 Å². The highest BCUT2D eigenvalue weighted by atomic mass is 16.3. The van der Waals surface area contributed by atoms with E-state index in [9.17, 15) is 9.90 Å². The summed E-state index contributed by atoms with van der Waals surface area (Å²) in [6, 6.07) is 17.7. The van der Waals surface area contributed by atoms with Crippen molar-refractivity contribution in [1.82, 2.24) is 0 Å². The maximum absolute atomic E-state index is 11.9. The van der Waals surface area contributed by atoms with Crippen LogP contribution in [0.5, 0.6) is 0 Å². The van der Waals surface area contributed by atoms with E-state index >= 15 is 0 Å². The Morgan fingerprint density at radius 1 is 0.917 bits per heavy atom. The Morgan fingerprint density at radius 3 is 1.83 bits per heavy atom. The quantitative estimate of drug-likeness (QED) is 0.772. The van der Waals surface area contributed by atoms with Crippen molar-refractivity contribution in [2.45, 2.75) is 45.8 Å². The molecular formula is C21H28O3. The van der Waals surface area contributed by atoms with Crippen molar-refractivity contribution in [1.29, 1.82) is 0 Å². The van der Waals surface area contributed by atoms with E-state index in [2.05, 4.69) is 13.8 Å². The number of ketones is 1. The minimum atomic E-state index is -1.08. The molecule has 0 bridgehead atoms. The third-order valence-corrected chi connectivity index (χ3v) is 3.64. The van der Waals surface area contributed by atoms with Crippen molar-refractivity contribution in [2.75, 3.05) is 0 Å². The monoisotopic (exact) mass is 328 g/mol. The molecular weight excluding hydrogens is 300 g/mol. The van der Waals surface area contributed by atoms with E-state index in [1.807, 2.05) is 19.1 Å². The van der Waals surface area contributed by atoms with E-state index in [1.165, 1.54) is 0 Å². The molecule has 2 aromatic rings. The summed E-state index contributed by atoms with van der Waals surface area (Å²) in [7, 11) is 0. The molecule has 0 amide bonds. The van der Waals surface area contributed by atoms with Crippen molar-refractivity contribution in [3.63, 3.8) is 0 Å². The van der Waals surface area contributed by atoms with Gasteiger partial charge in [-0.2, -0.15) is 0 Å². The highest BCUT2D eigenvalue weighted by molar-refractivity contribution is 5.99. The Morgan fingerprint density at radius 2 is 1.42 bits per heavy atom. The lowest BCUT2D eigenvalue weighted by Gasteiger charge is -2.09. The number of aliphatic hydroxyl groups excluding tert-OH is 2. The second-order valence-electron chi connectivity index (χ2n) is 6.24. The van der Waals surface area contributed by atoms with E-state index in [-0.39, 0.29) is 11.9 Å². The van der Waals surface area contributed by atoms with Crippen LogP contribution >= 0.6 is 0 Å². The SMILES string of the molecule is CCC(O)CC(C)C.O=C(c1ccccc1)C(O)c1ccccc1. The van der Waals surface area contributed by atoms with Gasteiger partial charge in [-0.1, -0.05) is 81.4 Å². The van der Waals surface area contributed by atoms with Crippen LogP contribution in [0.3, 0.4) is 0 Å². The van der Waals surface area contributed by atoms with Gasteiger partial charge in [0.2, 0.25) is 0 Å². The second kappa shape index (κ2) is 10.7. The molecule has 130 valence electrons. The summed E-state index contributed by atoms with van der Waals surface area (Å²) < 4.78 is 0. The summed E-state index contributed by atoms with van der Waals surface area (Å²) >= 11 is 0. The van der Waals surface area contributed by atoms with Crippen LogP contribution in [0.4, 0.5) is 0 Å². The van der Waals surface area contributed by atoms with E-state index in [0.29, 0.717) is 17.0 Å². The number of Topliss-reactive ketones (excluding diaryl/α,β-unsaturated/α-hetero) is 1. The maximum Gasteiger partial charge on any atom is 0.195 e. The first-order chi connectivity index (χ1) is 11.5. The molecule has 0 heterocycles. The van der Waals surface area contributed by atoms with Gasteiger partial charge in [-0.05, 0) is 24.3 Å². The lowest BCUT2D eigenvalue weighted by atomic mass is 10.0. The minimum Gasteiger partial charge on any atom is -0.393 e. The molecule has 0 saturated heterocycles. The van der Waals surface area contributed by atoms with Crippen molar-refractivity contribution in [2.24, 2.45) is 5.92 Å². The zero-order valence-corrected chi connectivity index (χ0v) is 14.7. The average Bonchev–Trinajstić information content (AvgIpc) is 2.62. The topological polar surface area (TPSA) is 57.5 Å². The summed E-state index contributed by atoms with van der Waals surface area (Å²) in [4.78, 5) is 11.9. The summed E-state index contributed by atoms with van der Waals surface area (Å²) in [5, 5.41) is 18.9. The van der Waals surface area contributed by atoms with Crippen LogP contribution in [0, 0.1) is 5.92 Å². The molecule has 0 radical (unpaired) electrons. The van der Waals surface area contributed by atoms with Crippen molar-refractivity contribution < 1.29 is 15.0 Å². The standard InChI is InChI=1S/C14H12O2.C7H16O/c15-13(11-7-3-1-4-8-11)14(16)12-9-5-2-6-10-12;1-4-7(8)5-6(2)3/h1-10,13,15H;6-8H,4-5H2,1-3H3. The minimum absolute atomic E-state index is 0.0741. The maximum atomic E-state index is 11.9. The Kier molecular flexibility index (Phi) is 8.98. The first kappa shape index (κ1) is 20.1. The van der Waals surface area contributed by atoms with Gasteiger partial charge in [0, 0.05) is 5.56 Å². The van der Waals surface area contributed by atoms with Gasteiger partial charge in [0.25, 0.3) is 0 Å². The fourth-order valence-corrected chi connectivity index (χ4v) is 2.26. The molecule has 24 heavy (non-hydrogen) atoms. The third kappa shape index (κ3) is 7.07. The fraction of sp³-hybridized carbons (Fsp3) is 0.381. The predicted octanol–water partition coefficient (Wildman–Crippen LogP) is 4.41. The molecule has 3 heteroatoms. The van der Waals surface area contributed by atoms with Crippen LogP contribution in [0.2, 0.25) is 0 Å². The molecule has 0 aliphatic heterocycles. The average molecular weight is 328 g/mol. The van der Waals surface area contributed by atoms with Gasteiger partial charge in [-0.15, -0.1) is 0 Å². The Hall–Kier alpha value is -1.97. The van der Waals surface area contributed by atoms with Gasteiger partial charge in [0.1, 0.15) is 6.10 Å². The van der Waals surface area contributed by atoms with Crippen LogP contribution in [0.15, 0.2) is 60.7 Å². The summed E-state index contributed by atoms with van der Waals surface area (Å²) in [6.07, 6.45) is 0.674. The molecule has 2 rings (SSSR count). The Bertz CT molecular complexity index is 579. The van der Waals surface area contributed by atoms with Crippen molar-refractivity contribution in [3.8, 4) is 0 Å². The normalized spacial score (nSPS) is 12.9. The van der Waals surface area contributed by atoms with E-state index in [0.717, 1.165) is 12.8 Å². The van der Waals surface area contributed by atoms with E-state index < -0.39 is 6.10 Å². The zero-order chi connectivity index (χ0) is 17.9. The predicted molar refractivity (Wildman–Crippen MR) is 97.9 cm³/mol. The van der Waals surface area contributed by atoms with Crippen molar-refractivity contribution in [3.05, 3.63) is 71.8 Å². The first-order valence-corrected chi connectivity index (χ1v) is 8.46. The molecule has 0 aliphatic rings. The van der Waals surface area contributed by atoms with Crippen LogP contribution in [0.25, 0.3) is 0 Å². The Labute approximate surface area is 145 Å². The smallest absolute Gasteiger partial charge is 0.195 e. The summed E-state index contributed by atoms with van der Waals surface area (Å²) in [5.74, 6) is 0.358. The second-order valence-corrected chi connectivity index (χ2v) is 6.24. The van der Waals surface area contributed by atoms with E-state index in [4.69, 9.17) is 5.11 Å². The number of carbonyl (C=O) groups excluding carboxylic acids is 1. The molecule has 3 nitrogen and oxygen atoms in total. The lowest BCUT2D eigenvalue weighted by Crippen LogP contribution is -2.11. The zero-order valence-electron chi connectivity index (χ0n) is 14.7. The third-order valence-electron chi connectivity index (χ3n) is 3.64. The van der Waals surface area contributed by atoms with Crippen LogP contribution < -0.4 is 0 Å². The Balaban J connectivity index is 0.000000307. The number of hydrogen-bond donors (Lipinski definition) is 2. The highest BCUT2D eigenvalue weighted by Gasteiger charge is 2.18. The molecule has 2 atom stereocenters. The number of carbonyl (C=O) groups is 1. The van der Waals surface area contributed by atoms with Gasteiger partial charge >= 0.3 is 0 Å². The molecule has 0 aliphatic carbocycles. The van der Waals surface area contributed by atoms with Gasteiger partial charge in [-0.3, -0.25) is 4.79 Å². The molecule has 0 spiro atoms. The summed E-state index contributed by atoms with van der Waals surface area (Å²) in [5.41, 5.74) is 1.15. The highest BCUT2D eigenvalue weighted by Crippen LogP contribution is 2.17. The number of hydrogen-bond acceptors (Lipinski definition) is 3. The fourth-order valence-electron chi connectivity index (χ4n) is 2.26. The molecule has 0 aromatic heterocycles. The first-order valence-electron chi connectivity index (χ1n) is 8.46. The van der Waals surface area contributed by atoms with Crippen LogP contribution in [0.1, 0.15) is 55.6 Å². The molecule has 0 fully saturated rings. The van der Waals surface area contributed by atoms with Gasteiger partial charge in [-0.25, -0.2) is 0 Å². The number of benzene rings is 2. The summed E-state index contributed by atoms with van der Waals surface area (Å²) in [6.45, 7) is 6.25. The van der Waals surface area contributed by atoms with Crippen LogP contribution in [-0.2, 0) is 0 Å². The van der Waals surface area contributed by atoms with E-state index in [1.54, 1.807) is 48.5 Å². The van der Waals surface area contributed by atoms with Gasteiger partial charge in [0.15, 0.2) is 5.78 Å². The molecule has 2 unspecified atom stereocenters. The molecule has 2 N–H and O–H groups in total. The van der Waals surface area contributed by atoms with Crippen molar-refractivity contribution >= 4 is 5.78 Å². The largest absolute Gasteiger partial charge is 0.393 e. The number of rotatable bonds is 6. The molecule has 2 aromatic carbocycles.